The van der Waals surface area contributed by atoms with Crippen LogP contribution in [0.3, 0.4) is 0 Å². The van der Waals surface area contributed by atoms with Gasteiger partial charge < -0.3 is 10.1 Å². The Balaban J connectivity index is 1.55. The largest absolute Gasteiger partial charge is 0.497 e. The van der Waals surface area contributed by atoms with Gasteiger partial charge in [-0.05, 0) is 52.3 Å². The van der Waals surface area contributed by atoms with Crippen molar-refractivity contribution in [3.05, 3.63) is 53.0 Å². The first-order valence-corrected chi connectivity index (χ1v) is 11.0. The fourth-order valence-electron chi connectivity index (χ4n) is 2.98. The Morgan fingerprint density at radius 2 is 1.71 bits per heavy atom. The van der Waals surface area contributed by atoms with Crippen molar-refractivity contribution < 1.29 is 17.9 Å². The van der Waals surface area contributed by atoms with Crippen LogP contribution in [0.15, 0.2) is 57.9 Å². The Labute approximate surface area is 173 Å². The standard InChI is InChI=1S/C19H22BrN3O4S/c1-27-15-6-8-16(9-7-15)28(25,26)23-12-10-22(11-13-23)14-19(24)21-18-5-3-2-4-17(18)20/h2-9H,10-14H2,1H3,(H,21,24). The quantitative estimate of drug-likeness (QED) is 0.705. The van der Waals surface area contributed by atoms with Gasteiger partial charge in [-0.15, -0.1) is 0 Å². The van der Waals surface area contributed by atoms with Gasteiger partial charge in [0.2, 0.25) is 15.9 Å². The summed E-state index contributed by atoms with van der Waals surface area (Å²) < 4.78 is 32.9. The average molecular weight is 468 g/mol. The van der Waals surface area contributed by atoms with E-state index in [1.807, 2.05) is 29.2 Å². The molecular weight excluding hydrogens is 446 g/mol. The number of halogens is 1. The monoisotopic (exact) mass is 467 g/mol. The second-order valence-electron chi connectivity index (χ2n) is 6.38. The van der Waals surface area contributed by atoms with Crippen LogP contribution in [-0.2, 0) is 14.8 Å². The molecule has 0 unspecified atom stereocenters. The molecule has 0 spiro atoms. The number of carbonyl (C=O) groups is 1. The van der Waals surface area contributed by atoms with E-state index < -0.39 is 10.0 Å². The number of nitrogens with zero attached hydrogens (tertiary/aromatic N) is 2. The molecule has 0 aromatic heterocycles. The minimum Gasteiger partial charge on any atom is -0.497 e. The van der Waals surface area contributed by atoms with Crippen molar-refractivity contribution in [3.8, 4) is 5.75 Å². The number of benzene rings is 2. The van der Waals surface area contributed by atoms with Crippen LogP contribution in [-0.4, -0.2) is 63.4 Å². The molecule has 2 aromatic rings. The maximum Gasteiger partial charge on any atom is 0.243 e. The number of methoxy groups -OCH3 is 1. The van der Waals surface area contributed by atoms with Crippen molar-refractivity contribution in [2.75, 3.05) is 45.2 Å². The smallest absolute Gasteiger partial charge is 0.243 e. The lowest BCUT2D eigenvalue weighted by molar-refractivity contribution is -0.117. The molecule has 3 rings (SSSR count). The number of para-hydroxylation sites is 1. The molecular formula is C19H22BrN3O4S. The number of hydrogen-bond acceptors (Lipinski definition) is 5. The molecule has 150 valence electrons. The Hall–Kier alpha value is -1.94. The Kier molecular flexibility index (Phi) is 6.71. The zero-order valence-electron chi connectivity index (χ0n) is 15.5. The molecule has 28 heavy (non-hydrogen) atoms. The van der Waals surface area contributed by atoms with E-state index in [4.69, 9.17) is 4.74 Å². The van der Waals surface area contributed by atoms with Crippen molar-refractivity contribution in [1.29, 1.82) is 0 Å². The molecule has 1 fully saturated rings. The van der Waals surface area contributed by atoms with E-state index in [-0.39, 0.29) is 17.3 Å². The molecule has 7 nitrogen and oxygen atoms in total. The van der Waals surface area contributed by atoms with Crippen LogP contribution < -0.4 is 10.1 Å². The van der Waals surface area contributed by atoms with E-state index in [1.165, 1.54) is 11.4 Å². The number of hydrogen-bond donors (Lipinski definition) is 1. The summed E-state index contributed by atoms with van der Waals surface area (Å²) in [7, 11) is -2.01. The van der Waals surface area contributed by atoms with E-state index in [0.29, 0.717) is 37.6 Å². The molecule has 0 atom stereocenters. The van der Waals surface area contributed by atoms with Crippen LogP contribution >= 0.6 is 15.9 Å². The third kappa shape index (κ3) is 4.91. The lowest BCUT2D eigenvalue weighted by Gasteiger charge is -2.33. The van der Waals surface area contributed by atoms with Crippen LogP contribution in [0.25, 0.3) is 0 Å². The van der Waals surface area contributed by atoms with Crippen LogP contribution in [0.5, 0.6) is 5.75 Å². The first-order chi connectivity index (χ1) is 13.4. The first kappa shape index (κ1) is 20.8. The summed E-state index contributed by atoms with van der Waals surface area (Å²) in [4.78, 5) is 14.5. The van der Waals surface area contributed by atoms with Gasteiger partial charge in [0.15, 0.2) is 0 Å². The highest BCUT2D eigenvalue weighted by molar-refractivity contribution is 9.10. The highest BCUT2D eigenvalue weighted by Crippen LogP contribution is 2.22. The Morgan fingerprint density at radius 1 is 1.07 bits per heavy atom. The molecule has 0 radical (unpaired) electrons. The van der Waals surface area contributed by atoms with E-state index >= 15 is 0 Å². The second kappa shape index (κ2) is 9.04. The van der Waals surface area contributed by atoms with E-state index in [0.717, 1.165) is 4.47 Å². The number of piperazine rings is 1. The molecule has 0 bridgehead atoms. The maximum absolute atomic E-state index is 12.8. The molecule has 1 aliphatic rings. The predicted molar refractivity (Wildman–Crippen MR) is 111 cm³/mol. The van der Waals surface area contributed by atoms with Gasteiger partial charge in [0, 0.05) is 30.7 Å². The average Bonchev–Trinajstić information content (AvgIpc) is 2.70. The molecule has 1 heterocycles. The lowest BCUT2D eigenvalue weighted by Crippen LogP contribution is -2.50. The summed E-state index contributed by atoms with van der Waals surface area (Å²) >= 11 is 3.40. The van der Waals surface area contributed by atoms with Gasteiger partial charge in [0.25, 0.3) is 0 Å². The number of amides is 1. The molecule has 0 saturated carbocycles. The van der Waals surface area contributed by atoms with Crippen molar-refractivity contribution in [1.82, 2.24) is 9.21 Å². The highest BCUT2D eigenvalue weighted by Gasteiger charge is 2.29. The molecule has 1 N–H and O–H groups in total. The summed E-state index contributed by atoms with van der Waals surface area (Å²) in [6, 6.07) is 13.8. The summed E-state index contributed by atoms with van der Waals surface area (Å²) in [6.07, 6.45) is 0. The topological polar surface area (TPSA) is 79.0 Å². The highest BCUT2D eigenvalue weighted by atomic mass is 79.9. The maximum atomic E-state index is 12.8. The number of anilines is 1. The molecule has 2 aromatic carbocycles. The van der Waals surface area contributed by atoms with Gasteiger partial charge in [0.1, 0.15) is 5.75 Å². The summed E-state index contributed by atoms with van der Waals surface area (Å²) in [5, 5.41) is 2.86. The summed E-state index contributed by atoms with van der Waals surface area (Å²) in [5.41, 5.74) is 0.716. The normalized spacial score (nSPS) is 15.9. The van der Waals surface area contributed by atoms with Gasteiger partial charge in [-0.2, -0.15) is 4.31 Å². The minimum absolute atomic E-state index is 0.127. The molecule has 1 saturated heterocycles. The zero-order valence-corrected chi connectivity index (χ0v) is 17.9. The summed E-state index contributed by atoms with van der Waals surface area (Å²) in [6.45, 7) is 1.91. The Bertz CT molecular complexity index is 926. The third-order valence-electron chi connectivity index (χ3n) is 4.54. The molecule has 1 amide bonds. The van der Waals surface area contributed by atoms with Crippen LogP contribution in [0, 0.1) is 0 Å². The van der Waals surface area contributed by atoms with Crippen LogP contribution in [0.4, 0.5) is 5.69 Å². The first-order valence-electron chi connectivity index (χ1n) is 8.81. The van der Waals surface area contributed by atoms with Crippen molar-refractivity contribution in [3.63, 3.8) is 0 Å². The van der Waals surface area contributed by atoms with Crippen molar-refractivity contribution in [2.24, 2.45) is 0 Å². The van der Waals surface area contributed by atoms with E-state index in [1.54, 1.807) is 24.3 Å². The fourth-order valence-corrected chi connectivity index (χ4v) is 4.79. The van der Waals surface area contributed by atoms with Crippen LogP contribution in [0.1, 0.15) is 0 Å². The Morgan fingerprint density at radius 3 is 2.32 bits per heavy atom. The minimum atomic E-state index is -3.55. The van der Waals surface area contributed by atoms with Gasteiger partial charge in [-0.1, -0.05) is 12.1 Å². The third-order valence-corrected chi connectivity index (χ3v) is 7.15. The lowest BCUT2D eigenvalue weighted by atomic mass is 10.3. The van der Waals surface area contributed by atoms with E-state index in [2.05, 4.69) is 21.2 Å². The van der Waals surface area contributed by atoms with Crippen LogP contribution in [0.2, 0.25) is 0 Å². The van der Waals surface area contributed by atoms with E-state index in [9.17, 15) is 13.2 Å². The number of rotatable bonds is 6. The predicted octanol–water partition coefficient (Wildman–Crippen LogP) is 2.40. The van der Waals surface area contributed by atoms with Crippen molar-refractivity contribution in [2.45, 2.75) is 4.90 Å². The number of ether oxygens (including phenoxy) is 1. The molecule has 1 aliphatic heterocycles. The van der Waals surface area contributed by atoms with Gasteiger partial charge in [-0.25, -0.2) is 8.42 Å². The number of nitrogens with one attached hydrogen (secondary N) is 1. The van der Waals surface area contributed by atoms with Gasteiger partial charge >= 0.3 is 0 Å². The SMILES string of the molecule is COc1ccc(S(=O)(=O)N2CCN(CC(=O)Nc3ccccc3Br)CC2)cc1. The van der Waals surface area contributed by atoms with Crippen molar-refractivity contribution >= 4 is 37.5 Å². The second-order valence-corrected chi connectivity index (χ2v) is 9.18. The number of sulfonamides is 1. The molecule has 0 aliphatic carbocycles. The fraction of sp³-hybridized carbons (Fsp3) is 0.316. The summed E-state index contributed by atoms with van der Waals surface area (Å²) in [5.74, 6) is 0.484. The number of carbonyl (C=O) groups excluding carboxylic acids is 1. The van der Waals surface area contributed by atoms with Gasteiger partial charge in [0.05, 0.1) is 24.2 Å². The van der Waals surface area contributed by atoms with Gasteiger partial charge in [-0.3, -0.25) is 9.69 Å². The zero-order chi connectivity index (χ0) is 20.1. The molecule has 9 heteroatoms.